The zero-order valence-corrected chi connectivity index (χ0v) is 13.6. The number of unbranched alkanes of at least 4 members (excludes halogenated alkanes) is 3. The third kappa shape index (κ3) is 203. The van der Waals surface area contributed by atoms with E-state index in [4.69, 9.17) is 5.11 Å². The SMILES string of the molecule is CCO.[CH2-]CCC.[CH2-]CCC.[CH2-]CCC.[Ti+3]. The maximum Gasteiger partial charge on any atom is 3.00 e. The number of hydrogen-bond donors (Lipinski definition) is 1. The van der Waals surface area contributed by atoms with E-state index >= 15 is 0 Å². The van der Waals surface area contributed by atoms with E-state index in [9.17, 15) is 0 Å². The molecule has 0 aromatic carbocycles. The molecule has 0 heterocycles. The van der Waals surface area contributed by atoms with Gasteiger partial charge in [0.25, 0.3) is 0 Å². The topological polar surface area (TPSA) is 20.2 Å². The minimum atomic E-state index is 0. The summed E-state index contributed by atoms with van der Waals surface area (Å²) < 4.78 is 0. The molecule has 0 amide bonds. The van der Waals surface area contributed by atoms with Crippen molar-refractivity contribution in [1.29, 1.82) is 0 Å². The Labute approximate surface area is 120 Å². The van der Waals surface area contributed by atoms with Crippen molar-refractivity contribution < 1.29 is 26.8 Å². The van der Waals surface area contributed by atoms with E-state index in [2.05, 4.69) is 41.5 Å². The molecule has 16 heavy (non-hydrogen) atoms. The summed E-state index contributed by atoms with van der Waals surface area (Å²) in [6, 6.07) is 0. The van der Waals surface area contributed by atoms with E-state index in [1.165, 1.54) is 19.3 Å². The molecule has 1 nitrogen and oxygen atoms in total. The maximum absolute atomic E-state index is 7.57. The van der Waals surface area contributed by atoms with E-state index in [0.29, 0.717) is 0 Å². The van der Waals surface area contributed by atoms with Crippen molar-refractivity contribution in [3.05, 3.63) is 20.8 Å². The summed E-state index contributed by atoms with van der Waals surface area (Å²) in [7, 11) is 0. The third-order valence-electron chi connectivity index (χ3n) is 1.06. The van der Waals surface area contributed by atoms with Gasteiger partial charge in [0.2, 0.25) is 0 Å². The Morgan fingerprint density at radius 2 is 0.750 bits per heavy atom. The van der Waals surface area contributed by atoms with Gasteiger partial charge in [-0.15, -0.1) is 0 Å². The van der Waals surface area contributed by atoms with Crippen LogP contribution < -0.4 is 0 Å². The van der Waals surface area contributed by atoms with Crippen molar-refractivity contribution in [3.63, 3.8) is 0 Å². The smallest absolute Gasteiger partial charge is 0.397 e. The van der Waals surface area contributed by atoms with E-state index in [-0.39, 0.29) is 28.3 Å². The van der Waals surface area contributed by atoms with Gasteiger partial charge in [-0.25, -0.2) is 0 Å². The van der Waals surface area contributed by atoms with Crippen LogP contribution in [0.15, 0.2) is 0 Å². The molecule has 0 saturated heterocycles. The molecular weight excluding hydrogens is 232 g/mol. The van der Waals surface area contributed by atoms with Crippen LogP contribution in [0.2, 0.25) is 0 Å². The Kier molecular flexibility index (Phi) is 108. The van der Waals surface area contributed by atoms with Crippen molar-refractivity contribution in [1.82, 2.24) is 0 Å². The average molecular weight is 265 g/mol. The summed E-state index contributed by atoms with van der Waals surface area (Å²) in [5.74, 6) is 0. The summed E-state index contributed by atoms with van der Waals surface area (Å²) in [6.07, 6.45) is 6.83. The summed E-state index contributed by atoms with van der Waals surface area (Å²) in [5, 5.41) is 7.57. The predicted molar refractivity (Wildman–Crippen MR) is 73.6 cm³/mol. The van der Waals surface area contributed by atoms with Crippen molar-refractivity contribution in [2.45, 2.75) is 66.2 Å². The summed E-state index contributed by atoms with van der Waals surface area (Å²) >= 11 is 0. The van der Waals surface area contributed by atoms with Crippen LogP contribution in [0.3, 0.4) is 0 Å². The molecule has 0 atom stereocenters. The third-order valence-corrected chi connectivity index (χ3v) is 1.06. The van der Waals surface area contributed by atoms with Crippen LogP contribution in [-0.4, -0.2) is 11.7 Å². The van der Waals surface area contributed by atoms with Crippen LogP contribution in [0.5, 0.6) is 0 Å². The summed E-state index contributed by atoms with van der Waals surface area (Å²) in [4.78, 5) is 0. The second-order valence-electron chi connectivity index (χ2n) is 2.88. The van der Waals surface area contributed by atoms with Gasteiger partial charge in [0.15, 0.2) is 0 Å². The van der Waals surface area contributed by atoms with Crippen LogP contribution in [0.4, 0.5) is 0 Å². The quantitative estimate of drug-likeness (QED) is 0.571. The second kappa shape index (κ2) is 57.3. The molecule has 0 aliphatic heterocycles. The Hall–Kier alpha value is 0.674. The van der Waals surface area contributed by atoms with Crippen molar-refractivity contribution in [2.24, 2.45) is 0 Å². The monoisotopic (exact) mass is 265 g/mol. The molecule has 0 bridgehead atoms. The van der Waals surface area contributed by atoms with E-state index in [1.807, 2.05) is 0 Å². The average Bonchev–Trinajstić information content (AvgIpc) is 2.30. The maximum atomic E-state index is 7.57. The fraction of sp³-hybridized carbons (Fsp3) is 0.786. The van der Waals surface area contributed by atoms with Gasteiger partial charge in [-0.1, -0.05) is 40.0 Å². The Bertz CT molecular complexity index is 34.5. The number of hydrogen-bond acceptors (Lipinski definition) is 1. The number of aliphatic hydroxyl groups excluding tert-OH is 1. The Morgan fingerprint density at radius 3 is 0.750 bits per heavy atom. The second-order valence-corrected chi connectivity index (χ2v) is 2.88. The first-order chi connectivity index (χ1) is 7.16. The largest absolute Gasteiger partial charge is 3.00 e. The molecule has 0 aromatic rings. The normalized spacial score (nSPS) is 6.75. The fourth-order valence-electron chi connectivity index (χ4n) is 0. The minimum absolute atomic E-state index is 0. The van der Waals surface area contributed by atoms with E-state index in [1.54, 1.807) is 6.92 Å². The van der Waals surface area contributed by atoms with Gasteiger partial charge < -0.3 is 25.9 Å². The fourth-order valence-corrected chi connectivity index (χ4v) is 0. The minimum Gasteiger partial charge on any atom is -0.397 e. The molecule has 0 aliphatic rings. The molecule has 1 N–H and O–H groups in total. The molecule has 0 saturated carbocycles. The van der Waals surface area contributed by atoms with Crippen LogP contribution >= 0.6 is 0 Å². The zero-order valence-electron chi connectivity index (χ0n) is 12.0. The van der Waals surface area contributed by atoms with Crippen LogP contribution in [0.25, 0.3) is 0 Å². The van der Waals surface area contributed by atoms with Crippen molar-refractivity contribution >= 4 is 0 Å². The van der Waals surface area contributed by atoms with Crippen LogP contribution in [0.1, 0.15) is 66.2 Å². The van der Waals surface area contributed by atoms with Gasteiger partial charge >= 0.3 is 21.7 Å². The number of rotatable bonds is 3. The molecule has 2 heteroatoms. The molecule has 0 rings (SSSR count). The van der Waals surface area contributed by atoms with Gasteiger partial charge in [0.05, 0.1) is 0 Å². The first-order valence-electron chi connectivity index (χ1n) is 6.14. The molecule has 1 radical (unpaired) electrons. The Balaban J connectivity index is -0.0000000331. The van der Waals surface area contributed by atoms with Gasteiger partial charge in [-0.05, 0) is 6.92 Å². The van der Waals surface area contributed by atoms with Gasteiger partial charge in [-0.2, -0.15) is 19.3 Å². The standard InChI is InChI=1S/3C4H9.C2H6O.Ti/c3*1-3-4-2;1-2-3;/h3*1,3-4H2,2H3;3H,2H2,1H3;/q3*-1;;+3. The van der Waals surface area contributed by atoms with Gasteiger partial charge in [0, 0.05) is 6.61 Å². The van der Waals surface area contributed by atoms with Crippen molar-refractivity contribution in [2.75, 3.05) is 6.61 Å². The molecule has 0 unspecified atom stereocenters. The predicted octanol–water partition coefficient (Wildman–Crippen LogP) is 4.86. The molecular formula is C14H33OTi. The van der Waals surface area contributed by atoms with E-state index < -0.39 is 0 Å². The molecule has 0 aliphatic carbocycles. The Morgan fingerprint density at radius 1 is 0.688 bits per heavy atom. The molecule has 0 fully saturated rings. The van der Waals surface area contributed by atoms with Crippen LogP contribution in [0, 0.1) is 20.8 Å². The van der Waals surface area contributed by atoms with Crippen LogP contribution in [-0.2, 0) is 21.7 Å². The van der Waals surface area contributed by atoms with Gasteiger partial charge in [0.1, 0.15) is 0 Å². The first-order valence-corrected chi connectivity index (χ1v) is 6.14. The summed E-state index contributed by atoms with van der Waals surface area (Å²) in [6.45, 7) is 19.1. The molecule has 0 spiro atoms. The molecule has 0 aromatic heterocycles. The van der Waals surface area contributed by atoms with E-state index in [0.717, 1.165) is 19.3 Å². The number of aliphatic hydroxyl groups is 1. The van der Waals surface area contributed by atoms with Gasteiger partial charge in [-0.3, -0.25) is 0 Å². The van der Waals surface area contributed by atoms with Crippen molar-refractivity contribution in [3.8, 4) is 0 Å². The zero-order chi connectivity index (χ0) is 12.9. The summed E-state index contributed by atoms with van der Waals surface area (Å²) in [5.41, 5.74) is 0. The molecule has 99 valence electrons. The first kappa shape index (κ1) is 30.1.